The number of aliphatic hydroxyl groups excluding tert-OH is 1. The Morgan fingerprint density at radius 1 is 0.958 bits per heavy atom. The molecule has 4 rings (SSSR count). The lowest BCUT2D eigenvalue weighted by molar-refractivity contribution is -0.111. The van der Waals surface area contributed by atoms with Crippen LogP contribution in [0.1, 0.15) is 79.1 Å². The minimum Gasteiger partial charge on any atom is -0.393 e. The highest BCUT2D eigenvalue weighted by atomic mass is 16.3. The van der Waals surface area contributed by atoms with E-state index in [1.807, 2.05) is 6.92 Å². The van der Waals surface area contributed by atoms with Crippen molar-refractivity contribution in [2.75, 3.05) is 0 Å². The molecule has 138 valence electrons. The molecule has 0 bridgehead atoms. The predicted octanol–water partition coefficient (Wildman–Crippen LogP) is 4.63. The minimum absolute atomic E-state index is 0.153. The maximum absolute atomic E-state index is 10.5. The van der Waals surface area contributed by atoms with Crippen LogP contribution in [0, 0.1) is 46.8 Å². The van der Waals surface area contributed by atoms with Crippen LogP contribution in [-0.4, -0.2) is 21.9 Å². The highest BCUT2D eigenvalue weighted by Crippen LogP contribution is 2.66. The van der Waals surface area contributed by atoms with E-state index in [9.17, 15) is 10.2 Å². The summed E-state index contributed by atoms with van der Waals surface area (Å²) in [6.07, 6.45) is 9.76. The minimum atomic E-state index is -0.407. The normalized spacial score (nSPS) is 58.5. The van der Waals surface area contributed by atoms with Crippen molar-refractivity contribution in [1.82, 2.24) is 0 Å². The first-order valence-electron chi connectivity index (χ1n) is 10.6. The molecular formula is C22H38O2. The van der Waals surface area contributed by atoms with Crippen LogP contribution in [-0.2, 0) is 0 Å². The third-order valence-electron chi connectivity index (χ3n) is 9.20. The lowest BCUT2D eigenvalue weighted by atomic mass is 9.48. The van der Waals surface area contributed by atoms with Gasteiger partial charge in [0.15, 0.2) is 0 Å². The molecule has 0 spiro atoms. The van der Waals surface area contributed by atoms with Crippen LogP contribution >= 0.6 is 0 Å². The maximum Gasteiger partial charge on any atom is 0.0622 e. The molecule has 0 aliphatic heterocycles. The second-order valence-electron chi connectivity index (χ2n) is 10.7. The molecule has 4 aliphatic carbocycles. The fourth-order valence-corrected chi connectivity index (χ4v) is 8.43. The lowest BCUT2D eigenvalue weighted by Crippen LogP contribution is -2.51. The number of aliphatic hydroxyl groups is 2. The summed E-state index contributed by atoms with van der Waals surface area (Å²) < 4.78 is 0. The molecular weight excluding hydrogens is 296 g/mol. The Morgan fingerprint density at radius 2 is 1.67 bits per heavy atom. The third kappa shape index (κ3) is 2.50. The van der Waals surface area contributed by atoms with Crippen molar-refractivity contribution in [2.24, 2.45) is 46.8 Å². The molecule has 4 fully saturated rings. The van der Waals surface area contributed by atoms with Crippen molar-refractivity contribution in [1.29, 1.82) is 0 Å². The molecule has 0 aromatic carbocycles. The van der Waals surface area contributed by atoms with Crippen molar-refractivity contribution in [3.63, 3.8) is 0 Å². The monoisotopic (exact) mass is 334 g/mol. The van der Waals surface area contributed by atoms with Gasteiger partial charge in [-0.3, -0.25) is 0 Å². The molecule has 2 heteroatoms. The van der Waals surface area contributed by atoms with E-state index in [1.165, 1.54) is 38.5 Å². The Kier molecular flexibility index (Phi) is 4.12. The molecule has 24 heavy (non-hydrogen) atoms. The van der Waals surface area contributed by atoms with Crippen molar-refractivity contribution in [2.45, 2.75) is 90.8 Å². The summed E-state index contributed by atoms with van der Waals surface area (Å²) in [7, 11) is 0. The van der Waals surface area contributed by atoms with Gasteiger partial charge in [-0.15, -0.1) is 0 Å². The van der Waals surface area contributed by atoms with Gasteiger partial charge in [0.1, 0.15) is 0 Å². The molecule has 0 aromatic rings. The average Bonchev–Trinajstić information content (AvgIpc) is 2.77. The molecule has 0 heterocycles. The second-order valence-corrected chi connectivity index (χ2v) is 10.7. The molecule has 0 saturated heterocycles. The first-order valence-corrected chi connectivity index (χ1v) is 10.6. The van der Waals surface area contributed by atoms with E-state index >= 15 is 0 Å². The van der Waals surface area contributed by atoms with Crippen LogP contribution in [0.5, 0.6) is 0 Å². The van der Waals surface area contributed by atoms with Crippen LogP contribution in [0.3, 0.4) is 0 Å². The topological polar surface area (TPSA) is 40.5 Å². The molecule has 0 radical (unpaired) electrons. The van der Waals surface area contributed by atoms with Gasteiger partial charge in [0.05, 0.1) is 11.7 Å². The van der Waals surface area contributed by atoms with Crippen LogP contribution < -0.4 is 0 Å². The largest absolute Gasteiger partial charge is 0.393 e. The highest BCUT2D eigenvalue weighted by Gasteiger charge is 2.60. The van der Waals surface area contributed by atoms with Gasteiger partial charge in [-0.2, -0.15) is 0 Å². The number of hydrogen-bond acceptors (Lipinski definition) is 2. The van der Waals surface area contributed by atoms with Crippen molar-refractivity contribution in [3.05, 3.63) is 0 Å². The number of fused-ring (bicyclic) bond motifs is 5. The van der Waals surface area contributed by atoms with Crippen LogP contribution in [0.25, 0.3) is 0 Å². The van der Waals surface area contributed by atoms with Gasteiger partial charge in [-0.05, 0) is 112 Å². The van der Waals surface area contributed by atoms with Gasteiger partial charge in [-0.25, -0.2) is 0 Å². The molecule has 0 aromatic heterocycles. The quantitative estimate of drug-likeness (QED) is 0.734. The van der Waals surface area contributed by atoms with E-state index in [0.29, 0.717) is 11.3 Å². The zero-order valence-electron chi connectivity index (χ0n) is 16.2. The van der Waals surface area contributed by atoms with E-state index in [-0.39, 0.29) is 6.10 Å². The van der Waals surface area contributed by atoms with Crippen LogP contribution in [0.4, 0.5) is 0 Å². The van der Waals surface area contributed by atoms with Gasteiger partial charge in [0.25, 0.3) is 0 Å². The second kappa shape index (κ2) is 5.71. The van der Waals surface area contributed by atoms with Crippen LogP contribution in [0.2, 0.25) is 0 Å². The van der Waals surface area contributed by atoms with Gasteiger partial charge < -0.3 is 10.2 Å². The number of rotatable bonds is 1. The fourth-order valence-electron chi connectivity index (χ4n) is 8.43. The number of hydrogen-bond donors (Lipinski definition) is 2. The zero-order chi connectivity index (χ0) is 17.3. The summed E-state index contributed by atoms with van der Waals surface area (Å²) in [5, 5.41) is 20.9. The molecule has 0 amide bonds. The van der Waals surface area contributed by atoms with Crippen molar-refractivity contribution >= 4 is 0 Å². The molecule has 2 nitrogen and oxygen atoms in total. The average molecular weight is 335 g/mol. The first kappa shape index (κ1) is 17.3. The summed E-state index contributed by atoms with van der Waals surface area (Å²) in [6, 6.07) is 0. The smallest absolute Gasteiger partial charge is 0.0622 e. The van der Waals surface area contributed by atoms with Crippen molar-refractivity contribution in [3.8, 4) is 0 Å². The van der Waals surface area contributed by atoms with Crippen molar-refractivity contribution < 1.29 is 10.2 Å². The maximum atomic E-state index is 10.5. The van der Waals surface area contributed by atoms with E-state index < -0.39 is 5.60 Å². The summed E-state index contributed by atoms with van der Waals surface area (Å²) in [4.78, 5) is 0. The summed E-state index contributed by atoms with van der Waals surface area (Å²) in [5.74, 6) is 5.50. The molecule has 0 unspecified atom stereocenters. The SMILES string of the molecule is C[C@H](O)[C@H]1C[C@@H](C)[C@H]2[C@@H]3CC[C@@H]4C[C@](C)(O)CC[C@@H]4[C@H]3CC[C@@]21C. The zero-order valence-corrected chi connectivity index (χ0v) is 16.2. The lowest BCUT2D eigenvalue weighted by Gasteiger charge is -2.57. The van der Waals surface area contributed by atoms with Gasteiger partial charge in [0.2, 0.25) is 0 Å². The molecule has 4 saturated carbocycles. The summed E-state index contributed by atoms with van der Waals surface area (Å²) in [5.41, 5.74) is -0.0446. The van der Waals surface area contributed by atoms with E-state index in [4.69, 9.17) is 0 Å². The summed E-state index contributed by atoms with van der Waals surface area (Å²) in [6.45, 7) is 9.05. The van der Waals surface area contributed by atoms with Crippen LogP contribution in [0.15, 0.2) is 0 Å². The Hall–Kier alpha value is -0.0800. The molecule has 4 aliphatic rings. The van der Waals surface area contributed by atoms with E-state index in [1.54, 1.807) is 0 Å². The van der Waals surface area contributed by atoms with E-state index in [2.05, 4.69) is 20.8 Å². The summed E-state index contributed by atoms with van der Waals surface area (Å²) >= 11 is 0. The van der Waals surface area contributed by atoms with Gasteiger partial charge in [0, 0.05) is 0 Å². The molecule has 2 N–H and O–H groups in total. The Morgan fingerprint density at radius 3 is 2.38 bits per heavy atom. The Balaban J connectivity index is 1.58. The highest BCUT2D eigenvalue weighted by molar-refractivity contribution is 5.09. The third-order valence-corrected chi connectivity index (χ3v) is 9.20. The first-order chi connectivity index (χ1) is 11.2. The van der Waals surface area contributed by atoms with Gasteiger partial charge in [-0.1, -0.05) is 13.8 Å². The fraction of sp³-hybridized carbons (Fsp3) is 1.00. The standard InChI is InChI=1S/C22H38O2/c1-13-11-19(14(2)23)22(4)10-8-17-16-7-9-21(3,24)12-15(16)5-6-18(17)20(13)22/h13-20,23-24H,5-12H2,1-4H3/t13-,14+,15-,16+,17-,18-,19-,20+,21-,22-/m1/s1. The van der Waals surface area contributed by atoms with Gasteiger partial charge >= 0.3 is 0 Å². The Labute approximate surface area is 148 Å². The molecule has 10 atom stereocenters. The Bertz CT molecular complexity index is 484. The predicted molar refractivity (Wildman–Crippen MR) is 97.5 cm³/mol. The van der Waals surface area contributed by atoms with E-state index in [0.717, 1.165) is 48.3 Å².